The summed E-state index contributed by atoms with van der Waals surface area (Å²) in [4.78, 5) is 26.3. The van der Waals surface area contributed by atoms with Crippen LogP contribution >= 0.6 is 23.2 Å². The third kappa shape index (κ3) is 4.36. The minimum atomic E-state index is -0.345. The topological polar surface area (TPSA) is 49.4 Å². The Hall–Kier alpha value is -1.52. The lowest BCUT2D eigenvalue weighted by Crippen LogP contribution is -2.33. The first-order valence-corrected chi connectivity index (χ1v) is 9.52. The predicted molar refractivity (Wildman–Crippen MR) is 101 cm³/mol. The largest absolute Gasteiger partial charge is 0.355 e. The molecule has 1 N–H and O–H groups in total. The second-order valence-electron chi connectivity index (χ2n) is 6.63. The molecule has 0 radical (unpaired) electrons. The number of amides is 2. The Morgan fingerprint density at radius 1 is 1.28 bits per heavy atom. The average Bonchev–Trinajstić information content (AvgIpc) is 3.00. The number of nitrogens with one attached hydrogen (secondary N) is 1. The van der Waals surface area contributed by atoms with Gasteiger partial charge in [-0.05, 0) is 44.2 Å². The minimum Gasteiger partial charge on any atom is -0.355 e. The molecular weight excluding hydrogens is 359 g/mol. The molecule has 6 heteroatoms. The summed E-state index contributed by atoms with van der Waals surface area (Å²) in [5, 5.41) is 3.73. The van der Waals surface area contributed by atoms with Crippen LogP contribution in [-0.4, -0.2) is 24.9 Å². The first-order chi connectivity index (χ1) is 12.1. The van der Waals surface area contributed by atoms with Crippen LogP contribution in [0.2, 0.25) is 10.0 Å². The van der Waals surface area contributed by atoms with Gasteiger partial charge in [0.2, 0.25) is 11.8 Å². The molecule has 1 fully saturated rings. The fraction of sp³-hybridized carbons (Fsp3) is 0.474. The van der Waals surface area contributed by atoms with Gasteiger partial charge in [-0.1, -0.05) is 40.9 Å². The van der Waals surface area contributed by atoms with Crippen molar-refractivity contribution in [3.05, 3.63) is 39.9 Å². The standard InChI is InChI=1S/C19H22Cl2N2O2/c20-15-7-4-8-16(18(15)21)23-12-14(11-17(23)24)19(25)22-10-9-13-5-2-1-3-6-13/h4-5,7-8,14H,1-3,6,9-12H2,(H,22,25). The van der Waals surface area contributed by atoms with E-state index < -0.39 is 0 Å². The second kappa shape index (κ2) is 8.24. The summed E-state index contributed by atoms with van der Waals surface area (Å²) in [6, 6.07) is 5.18. The number of hydrogen-bond acceptors (Lipinski definition) is 2. The lowest BCUT2D eigenvalue weighted by Gasteiger charge is -2.19. The highest BCUT2D eigenvalue weighted by molar-refractivity contribution is 6.44. The molecule has 3 rings (SSSR count). The summed E-state index contributed by atoms with van der Waals surface area (Å²) in [5.41, 5.74) is 2.00. The SMILES string of the molecule is O=C(NCCC1=CCCCC1)C1CC(=O)N(c2cccc(Cl)c2Cl)C1. The maximum absolute atomic E-state index is 12.4. The van der Waals surface area contributed by atoms with Gasteiger partial charge in [0.25, 0.3) is 0 Å². The van der Waals surface area contributed by atoms with Crippen LogP contribution in [-0.2, 0) is 9.59 Å². The lowest BCUT2D eigenvalue weighted by atomic mass is 9.97. The van der Waals surface area contributed by atoms with Crippen molar-refractivity contribution in [3.8, 4) is 0 Å². The van der Waals surface area contributed by atoms with E-state index in [0.29, 0.717) is 28.8 Å². The Bertz CT molecular complexity index is 703. The molecule has 1 unspecified atom stereocenters. The Morgan fingerprint density at radius 2 is 2.12 bits per heavy atom. The molecule has 1 aromatic carbocycles. The fourth-order valence-corrected chi connectivity index (χ4v) is 3.84. The third-order valence-corrected chi connectivity index (χ3v) is 5.66. The lowest BCUT2D eigenvalue weighted by molar-refractivity contribution is -0.126. The molecule has 2 amide bonds. The zero-order valence-corrected chi connectivity index (χ0v) is 15.6. The van der Waals surface area contributed by atoms with Crippen LogP contribution in [0.25, 0.3) is 0 Å². The monoisotopic (exact) mass is 380 g/mol. The van der Waals surface area contributed by atoms with Gasteiger partial charge >= 0.3 is 0 Å². The smallest absolute Gasteiger partial charge is 0.227 e. The second-order valence-corrected chi connectivity index (χ2v) is 7.41. The number of carbonyl (C=O) groups excluding carboxylic acids is 2. The van der Waals surface area contributed by atoms with Crippen LogP contribution in [0.5, 0.6) is 0 Å². The highest BCUT2D eigenvalue weighted by atomic mass is 35.5. The molecule has 0 aromatic heterocycles. The first kappa shape index (κ1) is 18.3. The molecule has 1 heterocycles. The Labute approximate surface area is 158 Å². The van der Waals surface area contributed by atoms with Crippen LogP contribution in [0.3, 0.4) is 0 Å². The maximum Gasteiger partial charge on any atom is 0.227 e. The number of carbonyl (C=O) groups is 2. The quantitative estimate of drug-likeness (QED) is 0.771. The van der Waals surface area contributed by atoms with E-state index in [1.54, 1.807) is 23.1 Å². The van der Waals surface area contributed by atoms with Gasteiger partial charge in [-0.25, -0.2) is 0 Å². The van der Waals surface area contributed by atoms with Gasteiger partial charge in [0, 0.05) is 19.5 Å². The van der Waals surface area contributed by atoms with E-state index in [-0.39, 0.29) is 24.2 Å². The van der Waals surface area contributed by atoms with Crippen LogP contribution in [0.15, 0.2) is 29.8 Å². The van der Waals surface area contributed by atoms with E-state index in [2.05, 4.69) is 11.4 Å². The van der Waals surface area contributed by atoms with Crippen LogP contribution in [0.1, 0.15) is 38.5 Å². The number of hydrogen-bond donors (Lipinski definition) is 1. The highest BCUT2D eigenvalue weighted by Gasteiger charge is 2.36. The van der Waals surface area contributed by atoms with E-state index in [1.807, 2.05) is 0 Å². The molecule has 4 nitrogen and oxygen atoms in total. The highest BCUT2D eigenvalue weighted by Crippen LogP contribution is 2.35. The zero-order chi connectivity index (χ0) is 17.8. The summed E-state index contributed by atoms with van der Waals surface area (Å²) in [7, 11) is 0. The van der Waals surface area contributed by atoms with Crippen molar-refractivity contribution in [2.75, 3.05) is 18.0 Å². The van der Waals surface area contributed by atoms with Crippen molar-refractivity contribution in [2.24, 2.45) is 5.92 Å². The van der Waals surface area contributed by atoms with E-state index in [0.717, 1.165) is 19.3 Å². The Balaban J connectivity index is 1.55. The number of benzene rings is 1. The van der Waals surface area contributed by atoms with Gasteiger partial charge in [-0.3, -0.25) is 9.59 Å². The van der Waals surface area contributed by atoms with Crippen LogP contribution in [0, 0.1) is 5.92 Å². The molecule has 1 aliphatic carbocycles. The van der Waals surface area contributed by atoms with Crippen molar-refractivity contribution in [2.45, 2.75) is 38.5 Å². The molecule has 1 saturated heterocycles. The number of allylic oxidation sites excluding steroid dienone is 1. The molecular formula is C19H22Cl2N2O2. The van der Waals surface area contributed by atoms with Crippen molar-refractivity contribution in [3.63, 3.8) is 0 Å². The minimum absolute atomic E-state index is 0.0644. The molecule has 25 heavy (non-hydrogen) atoms. The van der Waals surface area contributed by atoms with Crippen molar-refractivity contribution in [1.29, 1.82) is 0 Å². The molecule has 0 bridgehead atoms. The molecule has 0 saturated carbocycles. The van der Waals surface area contributed by atoms with Crippen molar-refractivity contribution < 1.29 is 9.59 Å². The summed E-state index contributed by atoms with van der Waals surface area (Å²) in [5.74, 6) is -0.507. The number of nitrogens with zero attached hydrogens (tertiary/aromatic N) is 1. The number of anilines is 1. The van der Waals surface area contributed by atoms with Gasteiger partial charge < -0.3 is 10.2 Å². The van der Waals surface area contributed by atoms with Crippen molar-refractivity contribution in [1.82, 2.24) is 5.32 Å². The van der Waals surface area contributed by atoms with E-state index in [1.165, 1.54) is 18.4 Å². The zero-order valence-electron chi connectivity index (χ0n) is 14.1. The number of rotatable bonds is 5. The van der Waals surface area contributed by atoms with E-state index in [4.69, 9.17) is 23.2 Å². The van der Waals surface area contributed by atoms with Gasteiger partial charge in [-0.15, -0.1) is 0 Å². The summed E-state index contributed by atoms with van der Waals surface area (Å²) < 4.78 is 0. The summed E-state index contributed by atoms with van der Waals surface area (Å²) in [6.07, 6.45) is 8.19. The normalized spacial score (nSPS) is 20.6. The van der Waals surface area contributed by atoms with Gasteiger partial charge in [0.15, 0.2) is 0 Å². The van der Waals surface area contributed by atoms with E-state index >= 15 is 0 Å². The molecule has 1 aliphatic heterocycles. The van der Waals surface area contributed by atoms with Gasteiger partial charge in [0.05, 0.1) is 21.7 Å². The summed E-state index contributed by atoms with van der Waals surface area (Å²) in [6.45, 7) is 0.973. The molecule has 2 aliphatic rings. The van der Waals surface area contributed by atoms with Gasteiger partial charge in [-0.2, -0.15) is 0 Å². The molecule has 134 valence electrons. The predicted octanol–water partition coefficient (Wildman–Crippen LogP) is 4.35. The molecule has 0 spiro atoms. The fourth-order valence-electron chi connectivity index (χ4n) is 3.44. The van der Waals surface area contributed by atoms with Crippen LogP contribution in [0.4, 0.5) is 5.69 Å². The van der Waals surface area contributed by atoms with Crippen molar-refractivity contribution >= 4 is 40.7 Å². The Kier molecular flexibility index (Phi) is 6.02. The Morgan fingerprint density at radius 3 is 2.88 bits per heavy atom. The third-order valence-electron chi connectivity index (χ3n) is 4.85. The maximum atomic E-state index is 12.4. The molecule has 1 atom stereocenters. The number of halogens is 2. The summed E-state index contributed by atoms with van der Waals surface area (Å²) >= 11 is 12.2. The average molecular weight is 381 g/mol. The van der Waals surface area contributed by atoms with Gasteiger partial charge in [0.1, 0.15) is 0 Å². The van der Waals surface area contributed by atoms with Crippen LogP contribution < -0.4 is 10.2 Å². The molecule has 1 aromatic rings. The first-order valence-electron chi connectivity index (χ1n) is 8.76. The van der Waals surface area contributed by atoms with E-state index in [9.17, 15) is 9.59 Å².